The minimum atomic E-state index is -4.57. The molecule has 0 atom stereocenters. The highest BCUT2D eigenvalue weighted by atomic mass is 19.4. The van der Waals surface area contributed by atoms with Crippen molar-refractivity contribution in [1.82, 2.24) is 24.8 Å². The molecule has 12 heteroatoms. The lowest BCUT2D eigenvalue weighted by atomic mass is 10.1. The largest absolute Gasteiger partial charge is 0.454 e. The van der Waals surface area contributed by atoms with Crippen LogP contribution in [-0.4, -0.2) is 76.2 Å². The highest BCUT2D eigenvalue weighted by Crippen LogP contribution is 2.22. The number of aromatic nitrogens is 3. The molecule has 3 aromatic rings. The van der Waals surface area contributed by atoms with Crippen LogP contribution in [0, 0.1) is 5.82 Å². The summed E-state index contributed by atoms with van der Waals surface area (Å²) in [6.07, 6.45) is -3.50. The summed E-state index contributed by atoms with van der Waals surface area (Å²) in [5.74, 6) is -0.411. The van der Waals surface area contributed by atoms with Crippen molar-refractivity contribution < 1.29 is 27.1 Å². The first-order chi connectivity index (χ1) is 18.2. The third-order valence-electron chi connectivity index (χ3n) is 5.93. The molecule has 4 rings (SSSR count). The predicted octanol–water partition coefficient (Wildman–Crippen LogP) is 4.40. The summed E-state index contributed by atoms with van der Waals surface area (Å²) in [5.41, 5.74) is 1.68. The number of anilines is 1. The number of ether oxygens (including phenoxy) is 1. The number of nitrogens with zero attached hydrogens (tertiary/aromatic N) is 5. The number of carbonyl (C=O) groups excluding carboxylic acids is 1. The second-order valence-corrected chi connectivity index (χ2v) is 8.86. The van der Waals surface area contributed by atoms with Crippen LogP contribution in [0.1, 0.15) is 29.3 Å². The first-order valence-corrected chi connectivity index (χ1v) is 12.3. The molecule has 202 valence electrons. The highest BCUT2D eigenvalue weighted by molar-refractivity contribution is 5.94. The summed E-state index contributed by atoms with van der Waals surface area (Å²) in [4.78, 5) is 29.3. The van der Waals surface area contributed by atoms with Crippen LogP contribution in [0.25, 0.3) is 11.4 Å². The van der Waals surface area contributed by atoms with E-state index < -0.39 is 18.8 Å². The molecule has 0 spiro atoms. The van der Waals surface area contributed by atoms with Crippen LogP contribution in [0.3, 0.4) is 0 Å². The van der Waals surface area contributed by atoms with Gasteiger partial charge in [-0.3, -0.25) is 9.69 Å². The van der Waals surface area contributed by atoms with Crippen molar-refractivity contribution in [2.24, 2.45) is 0 Å². The van der Waals surface area contributed by atoms with Crippen molar-refractivity contribution in [2.45, 2.75) is 26.1 Å². The maximum atomic E-state index is 13.2. The third-order valence-corrected chi connectivity index (χ3v) is 5.93. The summed E-state index contributed by atoms with van der Waals surface area (Å²) in [6, 6.07) is 11.8. The van der Waals surface area contributed by atoms with Gasteiger partial charge in [0.05, 0.1) is 0 Å². The summed E-state index contributed by atoms with van der Waals surface area (Å²) in [6.45, 7) is 4.73. The molecule has 0 saturated carbocycles. The monoisotopic (exact) mass is 532 g/mol. The number of hydrogen-bond acceptors (Lipinski definition) is 7. The molecule has 0 unspecified atom stereocenters. The summed E-state index contributed by atoms with van der Waals surface area (Å²) in [5, 5.41) is 2.90. The Morgan fingerprint density at radius 3 is 2.29 bits per heavy atom. The molecule has 1 N–H and O–H groups in total. The Labute approximate surface area is 217 Å². The third kappa shape index (κ3) is 7.60. The van der Waals surface area contributed by atoms with E-state index >= 15 is 0 Å². The van der Waals surface area contributed by atoms with Crippen LogP contribution in [-0.2, 0) is 6.54 Å². The van der Waals surface area contributed by atoms with Gasteiger partial charge in [0.15, 0.2) is 12.4 Å². The Balaban J connectivity index is 1.50. The quantitative estimate of drug-likeness (QED) is 0.409. The van der Waals surface area contributed by atoms with Crippen LogP contribution in [0.5, 0.6) is 6.01 Å². The van der Waals surface area contributed by atoms with E-state index in [0.717, 1.165) is 26.1 Å². The van der Waals surface area contributed by atoms with Gasteiger partial charge in [0.1, 0.15) is 5.82 Å². The molecule has 38 heavy (non-hydrogen) atoms. The van der Waals surface area contributed by atoms with Crippen LogP contribution in [0.2, 0.25) is 0 Å². The van der Waals surface area contributed by atoms with Crippen molar-refractivity contribution in [3.05, 3.63) is 65.5 Å². The van der Waals surface area contributed by atoms with Crippen molar-refractivity contribution in [2.75, 3.05) is 44.6 Å². The lowest BCUT2D eigenvalue weighted by Crippen LogP contribution is -2.48. The normalized spacial score (nSPS) is 14.4. The van der Waals surface area contributed by atoms with Crippen LogP contribution >= 0.6 is 0 Å². The first-order valence-electron chi connectivity index (χ1n) is 12.3. The summed E-state index contributed by atoms with van der Waals surface area (Å²) < 4.78 is 56.1. The minimum Gasteiger partial charge on any atom is -0.454 e. The minimum absolute atomic E-state index is 0.0124. The van der Waals surface area contributed by atoms with E-state index in [-0.39, 0.29) is 30.0 Å². The molecule has 0 bridgehead atoms. The molecule has 1 aliphatic heterocycles. The Morgan fingerprint density at radius 2 is 1.66 bits per heavy atom. The number of carbonyl (C=O) groups is 1. The van der Waals surface area contributed by atoms with Gasteiger partial charge in [-0.15, -0.1) is 0 Å². The Bertz CT molecular complexity index is 1210. The number of piperazine rings is 1. The molecule has 2 heterocycles. The highest BCUT2D eigenvalue weighted by Gasteiger charge is 2.29. The van der Waals surface area contributed by atoms with E-state index in [1.54, 1.807) is 36.4 Å². The molecule has 8 nitrogen and oxygen atoms in total. The molecule has 1 fully saturated rings. The number of benzene rings is 2. The van der Waals surface area contributed by atoms with Crippen molar-refractivity contribution in [3.8, 4) is 17.4 Å². The lowest BCUT2D eigenvalue weighted by molar-refractivity contribution is -0.154. The predicted molar refractivity (Wildman–Crippen MR) is 133 cm³/mol. The number of rotatable bonds is 9. The maximum Gasteiger partial charge on any atom is 0.422 e. The summed E-state index contributed by atoms with van der Waals surface area (Å²) >= 11 is 0. The van der Waals surface area contributed by atoms with E-state index in [4.69, 9.17) is 4.74 Å². The van der Waals surface area contributed by atoms with Crippen LogP contribution in [0.15, 0.2) is 48.5 Å². The molecule has 1 aromatic heterocycles. The van der Waals surface area contributed by atoms with E-state index in [2.05, 4.69) is 32.1 Å². The fourth-order valence-corrected chi connectivity index (χ4v) is 3.99. The first kappa shape index (κ1) is 27.2. The maximum absolute atomic E-state index is 13.2. The topological polar surface area (TPSA) is 83.5 Å². The van der Waals surface area contributed by atoms with E-state index in [9.17, 15) is 22.4 Å². The van der Waals surface area contributed by atoms with Crippen molar-refractivity contribution >= 4 is 11.9 Å². The fraction of sp³-hybridized carbons (Fsp3) is 0.385. The average Bonchev–Trinajstić information content (AvgIpc) is 2.91. The van der Waals surface area contributed by atoms with Gasteiger partial charge >= 0.3 is 12.2 Å². The molecule has 0 aliphatic carbocycles. The zero-order valence-electron chi connectivity index (χ0n) is 20.8. The standard InChI is InChI=1S/C26H28F4N6O2/c1-2-11-35-12-14-36(15-13-35)23(37)20-7-5-19(6-8-20)22-32-24(31-16-18-3-9-21(27)10-4-18)34-25(33-22)38-17-26(28,29)30/h3-10H,2,11-17H2,1H3,(H,31,32,33,34). The molecule has 2 aromatic carbocycles. The number of hydrogen-bond donors (Lipinski definition) is 1. The Hall–Kier alpha value is -3.80. The van der Waals surface area contributed by atoms with Gasteiger partial charge in [-0.1, -0.05) is 31.2 Å². The van der Waals surface area contributed by atoms with E-state index in [1.807, 2.05) is 4.90 Å². The van der Waals surface area contributed by atoms with Gasteiger partial charge in [0, 0.05) is 43.9 Å². The average molecular weight is 533 g/mol. The summed E-state index contributed by atoms with van der Waals surface area (Å²) in [7, 11) is 0. The smallest absolute Gasteiger partial charge is 0.422 e. The Kier molecular flexibility index (Phi) is 8.72. The van der Waals surface area contributed by atoms with Gasteiger partial charge in [-0.25, -0.2) is 4.39 Å². The molecular weight excluding hydrogens is 504 g/mol. The molecule has 0 radical (unpaired) electrons. The van der Waals surface area contributed by atoms with Crippen LogP contribution in [0.4, 0.5) is 23.5 Å². The zero-order valence-corrected chi connectivity index (χ0v) is 20.8. The molecule has 1 aliphatic rings. The van der Waals surface area contributed by atoms with Crippen molar-refractivity contribution in [1.29, 1.82) is 0 Å². The lowest BCUT2D eigenvalue weighted by Gasteiger charge is -2.34. The molecular formula is C26H28F4N6O2. The second-order valence-electron chi connectivity index (χ2n) is 8.86. The SMILES string of the molecule is CCCN1CCN(C(=O)c2ccc(-c3nc(NCc4ccc(F)cc4)nc(OCC(F)(F)F)n3)cc2)CC1. The van der Waals surface area contributed by atoms with E-state index in [0.29, 0.717) is 29.8 Å². The number of nitrogens with one attached hydrogen (secondary N) is 1. The van der Waals surface area contributed by atoms with Crippen LogP contribution < -0.4 is 10.1 Å². The zero-order chi connectivity index (χ0) is 27.1. The fourth-order valence-electron chi connectivity index (χ4n) is 3.99. The van der Waals surface area contributed by atoms with Gasteiger partial charge in [0.25, 0.3) is 5.91 Å². The second kappa shape index (κ2) is 12.2. The molecule has 1 amide bonds. The van der Waals surface area contributed by atoms with E-state index in [1.165, 1.54) is 12.1 Å². The Morgan fingerprint density at radius 1 is 0.974 bits per heavy atom. The molecule has 1 saturated heterocycles. The van der Waals surface area contributed by atoms with Crippen molar-refractivity contribution in [3.63, 3.8) is 0 Å². The van der Waals surface area contributed by atoms with Gasteiger partial charge < -0.3 is 15.0 Å². The number of halogens is 4. The van der Waals surface area contributed by atoms with Gasteiger partial charge in [-0.2, -0.15) is 28.1 Å². The number of amides is 1. The van der Waals surface area contributed by atoms with Gasteiger partial charge in [0.2, 0.25) is 5.95 Å². The van der Waals surface area contributed by atoms with Gasteiger partial charge in [-0.05, 0) is 42.8 Å². The number of alkyl halides is 3.